The molecule has 0 aromatic heterocycles. The van der Waals surface area contributed by atoms with Crippen molar-refractivity contribution in [3.63, 3.8) is 0 Å². The van der Waals surface area contributed by atoms with Gasteiger partial charge < -0.3 is 15.7 Å². The number of carbonyl (C=O) groups is 2. The van der Waals surface area contributed by atoms with Crippen LogP contribution in [0.4, 0.5) is 0 Å². The highest BCUT2D eigenvalue weighted by Gasteiger charge is 2.11. The molecule has 0 aliphatic heterocycles. The number of hydrogen-bond acceptors (Lipinski definition) is 3. The summed E-state index contributed by atoms with van der Waals surface area (Å²) in [6, 6.07) is 4.50. The van der Waals surface area contributed by atoms with E-state index >= 15 is 0 Å². The maximum atomic E-state index is 11.3. The summed E-state index contributed by atoms with van der Waals surface area (Å²) in [5, 5.41) is 14.4. The molecule has 0 saturated carbocycles. The summed E-state index contributed by atoms with van der Waals surface area (Å²) < 4.78 is 0.707. The zero-order valence-corrected chi connectivity index (χ0v) is 11.7. The molecule has 1 atom stereocenters. The fourth-order valence-corrected chi connectivity index (χ4v) is 1.91. The number of carboxylic acids is 1. The number of hydrogen-bond donors (Lipinski definition) is 3. The Labute approximate surface area is 114 Å². The number of amides is 1. The van der Waals surface area contributed by atoms with E-state index in [1.54, 1.807) is 26.1 Å². The predicted octanol–water partition coefficient (Wildman–Crippen LogP) is 1.37. The summed E-state index contributed by atoms with van der Waals surface area (Å²) in [6.07, 6.45) is 0. The van der Waals surface area contributed by atoms with E-state index in [0.29, 0.717) is 11.0 Å². The van der Waals surface area contributed by atoms with Gasteiger partial charge in [-0.25, -0.2) is 4.79 Å². The van der Waals surface area contributed by atoms with Gasteiger partial charge in [0.1, 0.15) is 0 Å². The molecule has 1 aromatic carbocycles. The van der Waals surface area contributed by atoms with E-state index in [1.165, 1.54) is 6.07 Å². The Morgan fingerprint density at radius 1 is 1.44 bits per heavy atom. The molecule has 6 heteroatoms. The lowest BCUT2D eigenvalue weighted by molar-refractivity contribution is -0.122. The molecular weight excluding hydrogens is 300 g/mol. The number of carbonyl (C=O) groups excluding carboxylic acids is 1. The van der Waals surface area contributed by atoms with Crippen LogP contribution >= 0.6 is 15.9 Å². The first-order valence-corrected chi connectivity index (χ1v) is 6.21. The van der Waals surface area contributed by atoms with Gasteiger partial charge in [0, 0.05) is 18.1 Å². The van der Waals surface area contributed by atoms with E-state index in [2.05, 4.69) is 26.6 Å². The minimum atomic E-state index is -0.964. The summed E-state index contributed by atoms with van der Waals surface area (Å²) in [7, 11) is 1.58. The molecule has 0 bridgehead atoms. The first-order chi connectivity index (χ1) is 8.45. The number of aromatic carboxylic acids is 1. The summed E-state index contributed by atoms with van der Waals surface area (Å²) in [4.78, 5) is 22.1. The summed E-state index contributed by atoms with van der Waals surface area (Å²) in [6.45, 7) is 2.24. The van der Waals surface area contributed by atoms with Crippen LogP contribution in [0.15, 0.2) is 22.7 Å². The van der Waals surface area contributed by atoms with Crippen molar-refractivity contribution in [3.05, 3.63) is 33.8 Å². The van der Waals surface area contributed by atoms with Crippen LogP contribution in [-0.4, -0.2) is 30.1 Å². The molecule has 1 unspecified atom stereocenters. The van der Waals surface area contributed by atoms with Crippen molar-refractivity contribution in [1.29, 1.82) is 0 Å². The third-order valence-electron chi connectivity index (χ3n) is 2.54. The molecule has 1 aromatic rings. The highest BCUT2D eigenvalue weighted by molar-refractivity contribution is 9.10. The van der Waals surface area contributed by atoms with Crippen LogP contribution in [0.1, 0.15) is 22.8 Å². The van der Waals surface area contributed by atoms with Gasteiger partial charge in [0.25, 0.3) is 0 Å². The van der Waals surface area contributed by atoms with Crippen molar-refractivity contribution in [2.45, 2.75) is 19.5 Å². The molecule has 1 amide bonds. The van der Waals surface area contributed by atoms with Crippen molar-refractivity contribution in [3.8, 4) is 0 Å². The molecule has 1 rings (SSSR count). The highest BCUT2D eigenvalue weighted by Crippen LogP contribution is 2.18. The lowest BCUT2D eigenvalue weighted by atomic mass is 10.1. The molecule has 0 aliphatic rings. The monoisotopic (exact) mass is 314 g/mol. The number of benzene rings is 1. The summed E-state index contributed by atoms with van der Waals surface area (Å²) >= 11 is 3.32. The lowest BCUT2D eigenvalue weighted by Crippen LogP contribution is -2.40. The van der Waals surface area contributed by atoms with Gasteiger partial charge in [-0.15, -0.1) is 0 Å². The van der Waals surface area contributed by atoms with Crippen LogP contribution in [0.5, 0.6) is 0 Å². The zero-order valence-electron chi connectivity index (χ0n) is 10.2. The lowest BCUT2D eigenvalue weighted by Gasteiger charge is -2.13. The Hall–Kier alpha value is -1.40. The topological polar surface area (TPSA) is 78.4 Å². The second-order valence-electron chi connectivity index (χ2n) is 3.83. The van der Waals surface area contributed by atoms with E-state index < -0.39 is 5.97 Å². The number of likely N-dealkylation sites (N-methyl/N-ethyl adjacent to an activating group) is 1. The highest BCUT2D eigenvalue weighted by atomic mass is 79.9. The van der Waals surface area contributed by atoms with Gasteiger partial charge in [-0.3, -0.25) is 4.79 Å². The number of halogens is 1. The smallest absolute Gasteiger partial charge is 0.335 e. The Bertz CT molecular complexity index is 463. The molecule has 0 heterocycles. The van der Waals surface area contributed by atoms with E-state index in [0.717, 1.165) is 5.56 Å². The molecule has 0 aliphatic carbocycles. The van der Waals surface area contributed by atoms with Crippen molar-refractivity contribution >= 4 is 27.8 Å². The van der Waals surface area contributed by atoms with E-state index in [4.69, 9.17) is 5.11 Å². The SMILES string of the molecule is CNC(=O)C(C)NCc1ccc(C(=O)O)cc1Br. The summed E-state index contributed by atoms with van der Waals surface area (Å²) in [5.74, 6) is -1.05. The molecule has 5 nitrogen and oxygen atoms in total. The Kier molecular flexibility index (Phi) is 5.30. The van der Waals surface area contributed by atoms with Gasteiger partial charge in [0.15, 0.2) is 0 Å². The van der Waals surface area contributed by atoms with Gasteiger partial charge in [0.05, 0.1) is 11.6 Å². The standard InChI is InChI=1S/C12H15BrN2O3/c1-7(11(16)14-2)15-6-9-4-3-8(12(17)18)5-10(9)13/h3-5,7,15H,6H2,1-2H3,(H,14,16)(H,17,18). The van der Waals surface area contributed by atoms with Crippen LogP contribution in [0.2, 0.25) is 0 Å². The average Bonchev–Trinajstić information content (AvgIpc) is 2.35. The van der Waals surface area contributed by atoms with Crippen molar-refractivity contribution in [2.75, 3.05) is 7.05 Å². The summed E-state index contributed by atoms with van der Waals surface area (Å²) in [5.41, 5.74) is 1.13. The molecule has 98 valence electrons. The van der Waals surface area contributed by atoms with Crippen molar-refractivity contribution in [2.24, 2.45) is 0 Å². The Balaban J connectivity index is 2.69. The van der Waals surface area contributed by atoms with Gasteiger partial charge in [-0.1, -0.05) is 22.0 Å². The van der Waals surface area contributed by atoms with Gasteiger partial charge in [0.2, 0.25) is 5.91 Å². The third kappa shape index (κ3) is 3.82. The quantitative estimate of drug-likeness (QED) is 0.767. The molecule has 18 heavy (non-hydrogen) atoms. The van der Waals surface area contributed by atoms with Crippen molar-refractivity contribution < 1.29 is 14.7 Å². The largest absolute Gasteiger partial charge is 0.478 e. The molecule has 0 radical (unpaired) electrons. The molecule has 0 fully saturated rings. The van der Waals surface area contributed by atoms with Crippen molar-refractivity contribution in [1.82, 2.24) is 10.6 Å². The maximum Gasteiger partial charge on any atom is 0.335 e. The fourth-order valence-electron chi connectivity index (χ4n) is 1.40. The van der Waals surface area contributed by atoms with Crippen LogP contribution in [0.25, 0.3) is 0 Å². The first kappa shape index (κ1) is 14.7. The number of nitrogens with one attached hydrogen (secondary N) is 2. The van der Waals surface area contributed by atoms with E-state index in [1.807, 2.05) is 0 Å². The predicted molar refractivity (Wildman–Crippen MR) is 71.5 cm³/mol. The minimum Gasteiger partial charge on any atom is -0.478 e. The van der Waals surface area contributed by atoms with Gasteiger partial charge in [-0.2, -0.15) is 0 Å². The van der Waals surface area contributed by atoms with Gasteiger partial charge >= 0.3 is 5.97 Å². The minimum absolute atomic E-state index is 0.0896. The van der Waals surface area contributed by atoms with Crippen LogP contribution in [-0.2, 0) is 11.3 Å². The maximum absolute atomic E-state index is 11.3. The van der Waals surface area contributed by atoms with Gasteiger partial charge in [-0.05, 0) is 24.6 Å². The molecular formula is C12H15BrN2O3. The zero-order chi connectivity index (χ0) is 13.7. The second kappa shape index (κ2) is 6.51. The second-order valence-corrected chi connectivity index (χ2v) is 4.68. The Morgan fingerprint density at radius 2 is 2.11 bits per heavy atom. The van der Waals surface area contributed by atoms with Crippen LogP contribution in [0, 0.1) is 0 Å². The first-order valence-electron chi connectivity index (χ1n) is 5.42. The van der Waals surface area contributed by atoms with Crippen LogP contribution in [0.3, 0.4) is 0 Å². The average molecular weight is 315 g/mol. The molecule has 0 spiro atoms. The van der Waals surface area contributed by atoms with E-state index in [-0.39, 0.29) is 17.5 Å². The third-order valence-corrected chi connectivity index (χ3v) is 3.28. The number of rotatable bonds is 5. The molecule has 0 saturated heterocycles. The molecule has 3 N–H and O–H groups in total. The number of carboxylic acid groups (broad SMARTS) is 1. The van der Waals surface area contributed by atoms with Crippen LogP contribution < -0.4 is 10.6 Å². The Morgan fingerprint density at radius 3 is 2.61 bits per heavy atom. The van der Waals surface area contributed by atoms with E-state index in [9.17, 15) is 9.59 Å². The normalized spacial score (nSPS) is 11.9. The fraction of sp³-hybridized carbons (Fsp3) is 0.333.